The molecule has 1 saturated heterocycles. The number of nitrogens with zero attached hydrogens (tertiary/aromatic N) is 1. The first kappa shape index (κ1) is 19.3. The predicted octanol–water partition coefficient (Wildman–Crippen LogP) is 2.79. The van der Waals surface area contributed by atoms with E-state index in [4.69, 9.17) is 14.2 Å². The van der Waals surface area contributed by atoms with Gasteiger partial charge in [0.05, 0.1) is 27.0 Å². The van der Waals surface area contributed by atoms with Crippen LogP contribution in [-0.4, -0.2) is 33.1 Å². The number of hydrogen-bond donors (Lipinski definition) is 1. The van der Waals surface area contributed by atoms with E-state index in [9.17, 15) is 9.59 Å². The van der Waals surface area contributed by atoms with Gasteiger partial charge in [-0.25, -0.2) is 5.01 Å². The van der Waals surface area contributed by atoms with Crippen molar-refractivity contribution < 1.29 is 23.8 Å². The molecule has 0 radical (unpaired) electrons. The average molecular weight is 382 g/mol. The fourth-order valence-corrected chi connectivity index (χ4v) is 2.96. The number of benzene rings is 2. The van der Waals surface area contributed by atoms with Gasteiger partial charge in [-0.3, -0.25) is 15.0 Å². The largest absolute Gasteiger partial charge is 0.493 e. The standard InChI is InChI=1S/C21H22N2O5/c1-12-6-7-15(8-13(12)2)23-21(25)16(20(24)22-23)9-14-10-17(26-3)19(28-5)18(11-14)27-4/h6-11H,1-5H3,(H,22,24). The number of nitrogens with one attached hydrogen (secondary N) is 1. The third kappa shape index (κ3) is 3.38. The summed E-state index contributed by atoms with van der Waals surface area (Å²) in [7, 11) is 4.51. The van der Waals surface area contributed by atoms with E-state index in [1.165, 1.54) is 32.4 Å². The van der Waals surface area contributed by atoms with Crippen LogP contribution in [0.2, 0.25) is 0 Å². The number of carbonyl (C=O) groups excluding carboxylic acids is 2. The molecule has 0 aliphatic carbocycles. The van der Waals surface area contributed by atoms with Gasteiger partial charge in [0.25, 0.3) is 11.8 Å². The number of rotatable bonds is 5. The quantitative estimate of drug-likeness (QED) is 0.636. The number of anilines is 1. The van der Waals surface area contributed by atoms with Gasteiger partial charge in [0.2, 0.25) is 5.75 Å². The molecular weight excluding hydrogens is 360 g/mol. The van der Waals surface area contributed by atoms with Crippen LogP contribution in [0.25, 0.3) is 6.08 Å². The van der Waals surface area contributed by atoms with Gasteiger partial charge in [0.15, 0.2) is 11.5 Å². The van der Waals surface area contributed by atoms with E-state index in [-0.39, 0.29) is 5.57 Å². The van der Waals surface area contributed by atoms with Crippen LogP contribution in [0.4, 0.5) is 5.69 Å². The maximum absolute atomic E-state index is 12.8. The Kier molecular flexibility index (Phi) is 5.26. The second kappa shape index (κ2) is 7.64. The molecular formula is C21H22N2O5. The summed E-state index contributed by atoms with van der Waals surface area (Å²) >= 11 is 0. The number of methoxy groups -OCH3 is 3. The zero-order valence-corrected chi connectivity index (χ0v) is 16.5. The van der Waals surface area contributed by atoms with Crippen molar-refractivity contribution in [1.82, 2.24) is 5.43 Å². The van der Waals surface area contributed by atoms with Crippen LogP contribution in [-0.2, 0) is 9.59 Å². The zero-order valence-electron chi connectivity index (χ0n) is 16.5. The van der Waals surface area contributed by atoms with Gasteiger partial charge in [-0.1, -0.05) is 6.07 Å². The molecule has 1 aliphatic heterocycles. The molecule has 0 unspecified atom stereocenters. The lowest BCUT2D eigenvalue weighted by molar-refractivity contribution is -0.117. The van der Waals surface area contributed by atoms with Crippen molar-refractivity contribution >= 4 is 23.6 Å². The van der Waals surface area contributed by atoms with Crippen LogP contribution in [0.1, 0.15) is 16.7 Å². The molecule has 28 heavy (non-hydrogen) atoms. The van der Waals surface area contributed by atoms with Crippen molar-refractivity contribution in [3.05, 3.63) is 52.6 Å². The topological polar surface area (TPSA) is 77.1 Å². The highest BCUT2D eigenvalue weighted by Gasteiger charge is 2.34. The Morgan fingerprint density at radius 1 is 0.893 bits per heavy atom. The zero-order chi connectivity index (χ0) is 20.4. The summed E-state index contributed by atoms with van der Waals surface area (Å²) in [6, 6.07) is 8.91. The number of amides is 2. The molecule has 0 spiro atoms. The maximum Gasteiger partial charge on any atom is 0.282 e. The Bertz CT molecular complexity index is 956. The molecule has 7 heteroatoms. The minimum atomic E-state index is -0.475. The summed E-state index contributed by atoms with van der Waals surface area (Å²) < 4.78 is 15.9. The van der Waals surface area contributed by atoms with E-state index in [2.05, 4.69) is 5.43 Å². The molecule has 0 atom stereocenters. The first-order chi connectivity index (χ1) is 13.4. The summed E-state index contributed by atoms with van der Waals surface area (Å²) in [6.45, 7) is 3.94. The van der Waals surface area contributed by atoms with Gasteiger partial charge in [-0.05, 0) is 60.9 Å². The lowest BCUT2D eigenvalue weighted by Gasteiger charge is -2.16. The molecule has 1 N–H and O–H groups in total. The lowest BCUT2D eigenvalue weighted by Crippen LogP contribution is -2.35. The van der Waals surface area contributed by atoms with Crippen LogP contribution in [0.5, 0.6) is 17.2 Å². The van der Waals surface area contributed by atoms with Crippen LogP contribution in [0.15, 0.2) is 35.9 Å². The van der Waals surface area contributed by atoms with Gasteiger partial charge < -0.3 is 14.2 Å². The minimum Gasteiger partial charge on any atom is -0.493 e. The molecule has 2 aromatic carbocycles. The number of hydrogen-bond acceptors (Lipinski definition) is 5. The van der Waals surface area contributed by atoms with E-state index in [1.54, 1.807) is 18.2 Å². The smallest absolute Gasteiger partial charge is 0.282 e. The summed E-state index contributed by atoms with van der Waals surface area (Å²) in [5.41, 5.74) is 5.95. The molecule has 2 amide bonds. The Hall–Kier alpha value is -3.48. The highest BCUT2D eigenvalue weighted by molar-refractivity contribution is 6.31. The molecule has 146 valence electrons. The van der Waals surface area contributed by atoms with Crippen LogP contribution in [0.3, 0.4) is 0 Å². The summed E-state index contributed by atoms with van der Waals surface area (Å²) in [5.74, 6) is 0.404. The van der Waals surface area contributed by atoms with E-state index in [0.717, 1.165) is 11.1 Å². The molecule has 1 fully saturated rings. The van der Waals surface area contributed by atoms with Crippen LogP contribution < -0.4 is 24.6 Å². The Morgan fingerprint density at radius 2 is 1.54 bits per heavy atom. The maximum atomic E-state index is 12.8. The van der Waals surface area contributed by atoms with Crippen molar-refractivity contribution in [1.29, 1.82) is 0 Å². The number of ether oxygens (including phenoxy) is 3. The average Bonchev–Trinajstić information content (AvgIpc) is 2.97. The molecule has 7 nitrogen and oxygen atoms in total. The number of hydrazine groups is 1. The monoisotopic (exact) mass is 382 g/mol. The molecule has 1 heterocycles. The third-order valence-corrected chi connectivity index (χ3v) is 4.64. The van der Waals surface area contributed by atoms with Gasteiger partial charge in [0, 0.05) is 0 Å². The SMILES string of the molecule is COc1cc(C=C2C(=O)NN(c3ccc(C)c(C)c3)C2=O)cc(OC)c1OC. The van der Waals surface area contributed by atoms with Gasteiger partial charge in [-0.15, -0.1) is 0 Å². The third-order valence-electron chi connectivity index (χ3n) is 4.64. The highest BCUT2D eigenvalue weighted by Crippen LogP contribution is 2.39. The fourth-order valence-electron chi connectivity index (χ4n) is 2.96. The van der Waals surface area contributed by atoms with Gasteiger partial charge in [0.1, 0.15) is 5.57 Å². The van der Waals surface area contributed by atoms with E-state index >= 15 is 0 Å². The Morgan fingerprint density at radius 3 is 2.07 bits per heavy atom. The lowest BCUT2D eigenvalue weighted by atomic mass is 10.1. The van der Waals surface area contributed by atoms with Gasteiger partial charge in [-0.2, -0.15) is 0 Å². The predicted molar refractivity (Wildman–Crippen MR) is 106 cm³/mol. The molecule has 3 rings (SSSR count). The number of aryl methyl sites for hydroxylation is 2. The highest BCUT2D eigenvalue weighted by atomic mass is 16.5. The summed E-state index contributed by atoms with van der Waals surface area (Å²) in [5, 5.41) is 1.25. The Balaban J connectivity index is 1.99. The first-order valence-electron chi connectivity index (χ1n) is 8.64. The molecule has 1 aliphatic rings. The van der Waals surface area contributed by atoms with E-state index in [0.29, 0.717) is 28.5 Å². The summed E-state index contributed by atoms with van der Waals surface area (Å²) in [4.78, 5) is 25.3. The van der Waals surface area contributed by atoms with Crippen LogP contribution in [0, 0.1) is 13.8 Å². The molecule has 0 bridgehead atoms. The molecule has 0 saturated carbocycles. The summed E-state index contributed by atoms with van der Waals surface area (Å²) in [6.07, 6.45) is 1.50. The number of carbonyl (C=O) groups is 2. The van der Waals surface area contributed by atoms with Crippen molar-refractivity contribution in [2.75, 3.05) is 26.3 Å². The van der Waals surface area contributed by atoms with Crippen molar-refractivity contribution in [2.45, 2.75) is 13.8 Å². The first-order valence-corrected chi connectivity index (χ1v) is 8.64. The second-order valence-electron chi connectivity index (χ2n) is 6.37. The Labute approximate surface area is 163 Å². The van der Waals surface area contributed by atoms with Crippen molar-refractivity contribution in [3.8, 4) is 17.2 Å². The fraction of sp³-hybridized carbons (Fsp3) is 0.238. The minimum absolute atomic E-state index is 0.0208. The van der Waals surface area contributed by atoms with E-state index < -0.39 is 11.8 Å². The van der Waals surface area contributed by atoms with Crippen molar-refractivity contribution in [2.24, 2.45) is 0 Å². The molecule has 0 aromatic heterocycles. The van der Waals surface area contributed by atoms with Gasteiger partial charge >= 0.3 is 0 Å². The second-order valence-corrected chi connectivity index (χ2v) is 6.37. The normalized spacial score (nSPS) is 15.0. The van der Waals surface area contributed by atoms with Crippen LogP contribution >= 0.6 is 0 Å². The van der Waals surface area contributed by atoms with Crippen molar-refractivity contribution in [3.63, 3.8) is 0 Å². The van der Waals surface area contributed by atoms with E-state index in [1.807, 2.05) is 26.0 Å². The molecule has 2 aromatic rings.